The number of fused-ring (bicyclic) bond motifs is 5. The van der Waals surface area contributed by atoms with Crippen LogP contribution in [0.2, 0.25) is 0 Å². The number of carbonyl (C=O) groups excluding carboxylic acids is 1. The molecule has 0 radical (unpaired) electrons. The lowest BCUT2D eigenvalue weighted by molar-refractivity contribution is 0.0446. The number of benzene rings is 2. The van der Waals surface area contributed by atoms with Crippen LogP contribution in [0.25, 0.3) is 0 Å². The van der Waals surface area contributed by atoms with Crippen LogP contribution < -0.4 is 10.4 Å². The van der Waals surface area contributed by atoms with Gasteiger partial charge in [0.1, 0.15) is 6.17 Å². The molecule has 3 aliphatic heterocycles. The van der Waals surface area contributed by atoms with Crippen LogP contribution in [-0.4, -0.2) is 33.3 Å². The minimum absolute atomic E-state index is 0.0913. The Morgan fingerprint density at radius 1 is 0.971 bits per heavy atom. The number of piperidine rings is 1. The fourth-order valence-corrected chi connectivity index (χ4v) is 7.11. The van der Waals surface area contributed by atoms with E-state index in [1.165, 1.54) is 24.0 Å². The maximum atomic E-state index is 15.1. The Bertz CT molecular complexity index is 1470. The van der Waals surface area contributed by atoms with Gasteiger partial charge in [-0.2, -0.15) is 0 Å². The Kier molecular flexibility index (Phi) is 4.40. The highest BCUT2D eigenvalue weighted by molar-refractivity contribution is 7.98. The average Bonchev–Trinajstić information content (AvgIpc) is 3.64. The lowest BCUT2D eigenvalue weighted by Gasteiger charge is -2.51. The van der Waals surface area contributed by atoms with Crippen LogP contribution in [0.3, 0.4) is 0 Å². The fourth-order valence-electron chi connectivity index (χ4n) is 6.00. The number of thioether (sulfide) groups is 1. The molecule has 1 aromatic heterocycles. The standard InChI is InChI=1S/C26H21F2N3O3S/c27-18-6-5-15-17(22(18)28)12-35-20-4-2-1-3-16(20)23(15)31-21-10-13-9-14(13)11-29(21)26(34)24-25(33)19(32)7-8-30(24)31/h1-8,13-14,21,23,33H,9-12H2/t13?,14?,21-,23+/m1/s1. The van der Waals surface area contributed by atoms with Crippen LogP contribution in [0.1, 0.15) is 46.1 Å². The number of carbonyl (C=O) groups is 1. The summed E-state index contributed by atoms with van der Waals surface area (Å²) in [5.41, 5.74) is 1.07. The molecule has 178 valence electrons. The molecule has 2 fully saturated rings. The van der Waals surface area contributed by atoms with Gasteiger partial charge in [0.15, 0.2) is 23.1 Å². The third kappa shape index (κ3) is 2.94. The summed E-state index contributed by atoms with van der Waals surface area (Å²) >= 11 is 1.45. The molecule has 2 unspecified atom stereocenters. The molecule has 3 aromatic rings. The molecule has 2 aromatic carbocycles. The first-order valence-electron chi connectivity index (χ1n) is 11.7. The number of rotatable bonds is 1. The number of aromatic hydroxyl groups is 1. The molecule has 1 amide bonds. The number of nitrogens with zero attached hydrogens (tertiary/aromatic N) is 3. The number of hydrogen-bond acceptors (Lipinski definition) is 5. The van der Waals surface area contributed by atoms with Crippen molar-refractivity contribution in [1.29, 1.82) is 0 Å². The van der Waals surface area contributed by atoms with Gasteiger partial charge in [0.2, 0.25) is 5.43 Å². The Balaban J connectivity index is 1.53. The minimum atomic E-state index is -0.898. The molecule has 0 spiro atoms. The van der Waals surface area contributed by atoms with Gasteiger partial charge in [0, 0.05) is 35.0 Å². The van der Waals surface area contributed by atoms with E-state index in [4.69, 9.17) is 0 Å². The first kappa shape index (κ1) is 21.0. The Morgan fingerprint density at radius 2 is 1.80 bits per heavy atom. The maximum absolute atomic E-state index is 15.1. The number of hydrogen-bond donors (Lipinski definition) is 1. The normalized spacial score (nSPS) is 26.2. The van der Waals surface area contributed by atoms with Crippen molar-refractivity contribution >= 4 is 17.7 Å². The topological polar surface area (TPSA) is 65.8 Å². The van der Waals surface area contributed by atoms with Gasteiger partial charge in [-0.15, -0.1) is 11.8 Å². The smallest absolute Gasteiger partial charge is 0.278 e. The molecule has 1 aliphatic carbocycles. The molecule has 0 bridgehead atoms. The molecule has 9 heteroatoms. The Labute approximate surface area is 203 Å². The second kappa shape index (κ2) is 7.34. The molecule has 6 nitrogen and oxygen atoms in total. The molecule has 1 saturated heterocycles. The predicted molar refractivity (Wildman–Crippen MR) is 126 cm³/mol. The molecule has 1 saturated carbocycles. The van der Waals surface area contributed by atoms with E-state index in [9.17, 15) is 19.1 Å². The zero-order valence-electron chi connectivity index (χ0n) is 18.5. The van der Waals surface area contributed by atoms with Crippen molar-refractivity contribution in [2.45, 2.75) is 35.7 Å². The Morgan fingerprint density at radius 3 is 2.66 bits per heavy atom. The summed E-state index contributed by atoms with van der Waals surface area (Å²) in [4.78, 5) is 28.6. The molecule has 7 rings (SSSR count). The van der Waals surface area contributed by atoms with Crippen LogP contribution in [0.15, 0.2) is 58.4 Å². The quantitative estimate of drug-likeness (QED) is 0.556. The summed E-state index contributed by atoms with van der Waals surface area (Å²) < 4.78 is 31.0. The second-order valence-corrected chi connectivity index (χ2v) is 10.7. The van der Waals surface area contributed by atoms with Gasteiger partial charge in [-0.1, -0.05) is 24.3 Å². The van der Waals surface area contributed by atoms with Gasteiger partial charge in [-0.3, -0.25) is 19.3 Å². The fraction of sp³-hybridized carbons (Fsp3) is 0.308. The van der Waals surface area contributed by atoms with Crippen LogP contribution in [0.4, 0.5) is 8.78 Å². The third-order valence-corrected chi connectivity index (χ3v) is 8.94. The molecule has 4 atom stereocenters. The van der Waals surface area contributed by atoms with Gasteiger partial charge in [-0.25, -0.2) is 8.78 Å². The van der Waals surface area contributed by atoms with Gasteiger partial charge < -0.3 is 10.0 Å². The summed E-state index contributed by atoms with van der Waals surface area (Å²) in [7, 11) is 0. The average molecular weight is 494 g/mol. The van der Waals surface area contributed by atoms with Crippen molar-refractivity contribution in [3.8, 4) is 5.75 Å². The third-order valence-electron chi connectivity index (χ3n) is 7.82. The van der Waals surface area contributed by atoms with E-state index in [1.54, 1.807) is 15.6 Å². The van der Waals surface area contributed by atoms with Crippen molar-refractivity contribution < 1.29 is 18.7 Å². The second-order valence-electron chi connectivity index (χ2n) is 9.69. The molecule has 35 heavy (non-hydrogen) atoms. The highest BCUT2D eigenvalue weighted by Crippen LogP contribution is 2.52. The van der Waals surface area contributed by atoms with Crippen molar-refractivity contribution in [2.24, 2.45) is 11.8 Å². The largest absolute Gasteiger partial charge is 0.502 e. The van der Waals surface area contributed by atoms with E-state index >= 15 is 4.39 Å². The molecular weight excluding hydrogens is 472 g/mol. The van der Waals surface area contributed by atoms with E-state index < -0.39 is 28.9 Å². The van der Waals surface area contributed by atoms with E-state index in [2.05, 4.69) is 0 Å². The van der Waals surface area contributed by atoms with Crippen LogP contribution in [-0.2, 0) is 5.75 Å². The highest BCUT2D eigenvalue weighted by atomic mass is 32.2. The first-order valence-corrected chi connectivity index (χ1v) is 12.6. The molecular formula is C26H21F2N3O3S. The van der Waals surface area contributed by atoms with Crippen LogP contribution >= 0.6 is 11.8 Å². The highest BCUT2D eigenvalue weighted by Gasteiger charge is 2.53. The zero-order valence-corrected chi connectivity index (χ0v) is 19.3. The van der Waals surface area contributed by atoms with Crippen molar-refractivity contribution in [3.05, 3.63) is 92.9 Å². The number of amides is 1. The first-order chi connectivity index (χ1) is 16.9. The Hall–Kier alpha value is -3.33. The summed E-state index contributed by atoms with van der Waals surface area (Å²) in [5.74, 6) is -1.58. The molecule has 1 N–H and O–H groups in total. The van der Waals surface area contributed by atoms with Crippen molar-refractivity contribution in [2.75, 3.05) is 11.6 Å². The zero-order chi connectivity index (χ0) is 24.0. The van der Waals surface area contributed by atoms with Crippen molar-refractivity contribution in [1.82, 2.24) is 9.58 Å². The van der Waals surface area contributed by atoms with E-state index in [1.807, 2.05) is 29.3 Å². The molecule has 4 heterocycles. The minimum Gasteiger partial charge on any atom is -0.502 e. The van der Waals surface area contributed by atoms with Gasteiger partial charge in [-0.05, 0) is 47.9 Å². The van der Waals surface area contributed by atoms with E-state index in [0.717, 1.165) is 29.4 Å². The maximum Gasteiger partial charge on any atom is 0.278 e. The summed E-state index contributed by atoms with van der Waals surface area (Å²) in [6.07, 6.45) is 2.91. The molecule has 4 aliphatic rings. The predicted octanol–water partition coefficient (Wildman–Crippen LogP) is 3.99. The van der Waals surface area contributed by atoms with Gasteiger partial charge in [0.05, 0.1) is 6.04 Å². The van der Waals surface area contributed by atoms with E-state index in [0.29, 0.717) is 23.9 Å². The lowest BCUT2D eigenvalue weighted by Crippen LogP contribution is -2.64. The van der Waals surface area contributed by atoms with Crippen LogP contribution in [0.5, 0.6) is 5.75 Å². The van der Waals surface area contributed by atoms with Crippen molar-refractivity contribution in [3.63, 3.8) is 0 Å². The lowest BCUT2D eigenvalue weighted by atomic mass is 9.92. The summed E-state index contributed by atoms with van der Waals surface area (Å²) in [6, 6.07) is 11.2. The van der Waals surface area contributed by atoms with Gasteiger partial charge >= 0.3 is 0 Å². The number of halogens is 2. The van der Waals surface area contributed by atoms with E-state index in [-0.39, 0.29) is 29.1 Å². The SMILES string of the molecule is O=C1c2c(O)c(=O)ccn2N([C@@H]2c3ccccc3SCc3c2ccc(F)c3F)[C@@H]2CC3CC3CN12. The summed E-state index contributed by atoms with van der Waals surface area (Å²) in [5, 5.41) is 12.7. The van der Waals surface area contributed by atoms with Gasteiger partial charge in [0.25, 0.3) is 5.91 Å². The monoisotopic (exact) mass is 493 g/mol. The van der Waals surface area contributed by atoms with Crippen LogP contribution in [0, 0.1) is 23.5 Å². The number of pyridine rings is 1. The number of aromatic nitrogens is 1. The summed E-state index contributed by atoms with van der Waals surface area (Å²) in [6.45, 7) is 0.543.